The molecule has 1 fully saturated rings. The van der Waals surface area contributed by atoms with Crippen molar-refractivity contribution in [2.24, 2.45) is 0 Å². The fourth-order valence-electron chi connectivity index (χ4n) is 4.60. The van der Waals surface area contributed by atoms with Crippen LogP contribution in [0.15, 0.2) is 53.8 Å². The molecule has 1 amide bonds. The van der Waals surface area contributed by atoms with Gasteiger partial charge in [-0.05, 0) is 88.8 Å². The summed E-state index contributed by atoms with van der Waals surface area (Å²) in [5.74, 6) is 0.554. The number of nitrogens with one attached hydrogen (secondary N) is 3. The van der Waals surface area contributed by atoms with Gasteiger partial charge in [-0.25, -0.2) is 23.2 Å². The maximum atomic E-state index is 12.8. The Hall–Kier alpha value is -3.70. The Labute approximate surface area is 252 Å². The fraction of sp³-hybridized carbons (Fsp3) is 0.400. The van der Waals surface area contributed by atoms with E-state index in [0.717, 1.165) is 42.5 Å². The normalized spacial score (nSPS) is 17.5. The van der Waals surface area contributed by atoms with E-state index in [9.17, 15) is 13.2 Å². The lowest BCUT2D eigenvalue weighted by atomic mass is 9.91. The van der Waals surface area contributed by atoms with E-state index in [1.54, 1.807) is 30.6 Å². The number of amides is 1. The number of rotatable bonds is 9. The number of aromatic nitrogens is 3. The van der Waals surface area contributed by atoms with Crippen molar-refractivity contribution in [2.75, 3.05) is 10.0 Å². The Morgan fingerprint density at radius 2 is 1.69 bits per heavy atom. The third kappa shape index (κ3) is 8.90. The molecule has 4 rings (SSSR count). The first kappa shape index (κ1) is 31.2. The van der Waals surface area contributed by atoms with Gasteiger partial charge in [0.2, 0.25) is 5.95 Å². The van der Waals surface area contributed by atoms with Gasteiger partial charge in [-0.1, -0.05) is 30.7 Å². The van der Waals surface area contributed by atoms with Crippen molar-refractivity contribution >= 4 is 51.5 Å². The van der Waals surface area contributed by atoms with Crippen LogP contribution in [0.1, 0.15) is 70.2 Å². The second-order valence-electron chi connectivity index (χ2n) is 11.2. The molecule has 3 aromatic rings. The van der Waals surface area contributed by atoms with Crippen LogP contribution < -0.4 is 15.4 Å². The minimum absolute atomic E-state index is 0.00881. The fourth-order valence-corrected chi connectivity index (χ4v) is 6.15. The van der Waals surface area contributed by atoms with Crippen molar-refractivity contribution in [2.45, 2.75) is 82.4 Å². The van der Waals surface area contributed by atoms with Crippen LogP contribution in [0.5, 0.6) is 0 Å². The first-order valence-corrected chi connectivity index (χ1v) is 15.8. The van der Waals surface area contributed by atoms with Crippen molar-refractivity contribution in [3.05, 3.63) is 70.8 Å². The van der Waals surface area contributed by atoms with E-state index >= 15 is 0 Å². The average Bonchev–Trinajstić information content (AvgIpc) is 2.93. The van der Waals surface area contributed by atoms with Crippen molar-refractivity contribution in [3.63, 3.8) is 0 Å². The first-order chi connectivity index (χ1) is 19.9. The van der Waals surface area contributed by atoms with Gasteiger partial charge >= 0.3 is 6.09 Å². The molecule has 3 N–H and O–H groups in total. The molecular formula is C30H37ClN6O4S. The summed E-state index contributed by atoms with van der Waals surface area (Å²) in [6.07, 6.45) is 12.4. The van der Waals surface area contributed by atoms with Crippen molar-refractivity contribution in [3.8, 4) is 0 Å². The third-order valence-electron chi connectivity index (χ3n) is 6.65. The highest BCUT2D eigenvalue weighted by Gasteiger charge is 2.25. The highest BCUT2D eigenvalue weighted by Crippen LogP contribution is 2.25. The number of hydrogen-bond donors (Lipinski definition) is 3. The molecule has 1 aliphatic rings. The van der Waals surface area contributed by atoms with Gasteiger partial charge in [-0.3, -0.25) is 9.71 Å². The van der Waals surface area contributed by atoms with E-state index < -0.39 is 15.6 Å². The number of carbonyl (C=O) groups is 1. The number of pyridine rings is 1. The lowest BCUT2D eigenvalue weighted by Crippen LogP contribution is -2.42. The van der Waals surface area contributed by atoms with E-state index in [-0.39, 0.29) is 28.1 Å². The number of ether oxygens (including phenoxy) is 1. The Balaban J connectivity index is 1.31. The van der Waals surface area contributed by atoms with Crippen LogP contribution >= 0.6 is 11.6 Å². The number of halogens is 1. The summed E-state index contributed by atoms with van der Waals surface area (Å²) in [5.41, 5.74) is 2.25. The summed E-state index contributed by atoms with van der Waals surface area (Å²) in [6, 6.07) is 8.38. The Bertz CT molecular complexity index is 1520. The minimum Gasteiger partial charge on any atom is -0.444 e. The summed E-state index contributed by atoms with van der Waals surface area (Å²) in [6.45, 7) is 7.53. The van der Waals surface area contributed by atoms with Gasteiger partial charge in [0, 0.05) is 30.0 Å². The lowest BCUT2D eigenvalue weighted by molar-refractivity contribution is 0.0492. The van der Waals surface area contributed by atoms with E-state index in [2.05, 4.69) is 30.3 Å². The van der Waals surface area contributed by atoms with Crippen LogP contribution in [0.2, 0.25) is 5.02 Å². The SMILES string of the molecule is CCc1cc(NS(=O)(=O)c2ccccc2Cl)cnc1/C=C/c1cnc(NC2CCC(NC(=O)OC(C)(C)C)CC2)nc1. The van der Waals surface area contributed by atoms with E-state index in [0.29, 0.717) is 18.1 Å². The Morgan fingerprint density at radius 3 is 2.33 bits per heavy atom. The highest BCUT2D eigenvalue weighted by molar-refractivity contribution is 7.92. The molecule has 0 atom stereocenters. The van der Waals surface area contributed by atoms with Crippen LogP contribution in [0, 0.1) is 0 Å². The van der Waals surface area contributed by atoms with Gasteiger partial charge in [-0.2, -0.15) is 0 Å². The number of benzene rings is 1. The number of anilines is 2. The van der Waals surface area contributed by atoms with Gasteiger partial charge in [0.1, 0.15) is 10.5 Å². The molecule has 1 aliphatic carbocycles. The topological polar surface area (TPSA) is 135 Å². The van der Waals surface area contributed by atoms with Crippen LogP contribution in [-0.2, 0) is 21.2 Å². The van der Waals surface area contributed by atoms with E-state index in [1.807, 2.05) is 39.8 Å². The predicted molar refractivity (Wildman–Crippen MR) is 166 cm³/mol. The number of carbonyl (C=O) groups excluding carboxylic acids is 1. The smallest absolute Gasteiger partial charge is 0.407 e. The molecular weight excluding hydrogens is 576 g/mol. The number of aryl methyl sites for hydroxylation is 1. The summed E-state index contributed by atoms with van der Waals surface area (Å²) in [5, 5.41) is 6.49. The molecule has 2 aromatic heterocycles. The Morgan fingerprint density at radius 1 is 1.02 bits per heavy atom. The molecule has 224 valence electrons. The van der Waals surface area contributed by atoms with Gasteiger partial charge < -0.3 is 15.4 Å². The highest BCUT2D eigenvalue weighted by atomic mass is 35.5. The number of alkyl carbamates (subject to hydrolysis) is 1. The zero-order chi connectivity index (χ0) is 30.3. The lowest BCUT2D eigenvalue weighted by Gasteiger charge is -2.30. The van der Waals surface area contributed by atoms with Gasteiger partial charge in [0.15, 0.2) is 0 Å². The summed E-state index contributed by atoms with van der Waals surface area (Å²) in [4.78, 5) is 25.4. The number of hydrogen-bond acceptors (Lipinski definition) is 8. The molecule has 0 radical (unpaired) electrons. The molecule has 2 heterocycles. The largest absolute Gasteiger partial charge is 0.444 e. The molecule has 0 bridgehead atoms. The van der Waals surface area contributed by atoms with Crippen LogP contribution in [0.4, 0.5) is 16.4 Å². The van der Waals surface area contributed by atoms with Crippen molar-refractivity contribution in [1.82, 2.24) is 20.3 Å². The van der Waals surface area contributed by atoms with E-state index in [4.69, 9.17) is 16.3 Å². The second-order valence-corrected chi connectivity index (χ2v) is 13.2. The summed E-state index contributed by atoms with van der Waals surface area (Å²) >= 11 is 6.08. The molecule has 42 heavy (non-hydrogen) atoms. The second kappa shape index (κ2) is 13.5. The average molecular weight is 613 g/mol. The summed E-state index contributed by atoms with van der Waals surface area (Å²) < 4.78 is 33.5. The maximum absolute atomic E-state index is 12.8. The van der Waals surface area contributed by atoms with Crippen LogP contribution in [0.3, 0.4) is 0 Å². The van der Waals surface area contributed by atoms with E-state index in [1.165, 1.54) is 18.3 Å². The molecule has 1 saturated carbocycles. The summed E-state index contributed by atoms with van der Waals surface area (Å²) in [7, 11) is -3.85. The van der Waals surface area contributed by atoms with Gasteiger partial charge in [-0.15, -0.1) is 0 Å². The monoisotopic (exact) mass is 612 g/mol. The zero-order valence-electron chi connectivity index (χ0n) is 24.2. The standard InChI is InChI=1S/C30H37ClN6O4S/c1-5-21-16-24(37-42(39,40)27-9-7-6-8-25(27)31)19-32-26(21)15-10-20-17-33-28(34-18-20)35-22-11-13-23(14-12-22)36-29(38)41-30(2,3)4/h6-10,15-19,22-23,37H,5,11-14H2,1-4H3,(H,36,38)(H,33,34,35)/b15-10+. The van der Waals surface area contributed by atoms with Crippen molar-refractivity contribution in [1.29, 1.82) is 0 Å². The zero-order valence-corrected chi connectivity index (χ0v) is 25.8. The third-order valence-corrected chi connectivity index (χ3v) is 8.53. The maximum Gasteiger partial charge on any atom is 0.407 e. The molecule has 0 unspecified atom stereocenters. The van der Waals surface area contributed by atoms with Gasteiger partial charge in [0.25, 0.3) is 10.0 Å². The Kier molecular flexibility index (Phi) is 10.1. The number of nitrogens with zero attached hydrogens (tertiary/aromatic N) is 3. The van der Waals surface area contributed by atoms with Crippen LogP contribution in [-0.4, -0.2) is 47.1 Å². The molecule has 0 saturated heterocycles. The molecule has 10 nitrogen and oxygen atoms in total. The minimum atomic E-state index is -3.85. The van der Waals surface area contributed by atoms with Gasteiger partial charge in [0.05, 0.1) is 22.6 Å². The quantitative estimate of drug-likeness (QED) is 0.256. The molecule has 0 aliphatic heterocycles. The molecule has 12 heteroatoms. The molecule has 0 spiro atoms. The predicted octanol–water partition coefficient (Wildman–Crippen LogP) is 6.31. The number of sulfonamides is 1. The van der Waals surface area contributed by atoms with Crippen molar-refractivity contribution < 1.29 is 17.9 Å². The van der Waals surface area contributed by atoms with Crippen LogP contribution in [0.25, 0.3) is 12.2 Å². The molecule has 1 aromatic carbocycles. The first-order valence-electron chi connectivity index (χ1n) is 13.9.